The normalized spacial score (nSPS) is 25.4. The van der Waals surface area contributed by atoms with Gasteiger partial charge in [0.1, 0.15) is 0 Å². The Hall–Kier alpha value is -1.55. The molecular weight excluding hydrogens is 278 g/mol. The smallest absolute Gasteiger partial charge is 0.307 e. The summed E-state index contributed by atoms with van der Waals surface area (Å²) >= 11 is 6.01. The average Bonchev–Trinajstić information content (AvgIpc) is 2.77. The predicted octanol–water partition coefficient (Wildman–Crippen LogP) is 3.33. The zero-order valence-electron chi connectivity index (χ0n) is 11.5. The Kier molecular flexibility index (Phi) is 4.33. The van der Waals surface area contributed by atoms with Crippen molar-refractivity contribution in [1.82, 2.24) is 0 Å². The van der Waals surface area contributed by atoms with Gasteiger partial charge in [0, 0.05) is 10.7 Å². The maximum Gasteiger partial charge on any atom is 0.307 e. The highest BCUT2D eigenvalue weighted by atomic mass is 35.5. The monoisotopic (exact) mass is 295 g/mol. The Morgan fingerprint density at radius 1 is 1.30 bits per heavy atom. The molecule has 1 fully saturated rings. The van der Waals surface area contributed by atoms with Crippen LogP contribution in [0.5, 0.6) is 0 Å². The fourth-order valence-electron chi connectivity index (χ4n) is 2.82. The second kappa shape index (κ2) is 5.83. The highest BCUT2D eigenvalue weighted by Gasteiger charge is 2.41. The fraction of sp³-hybridized carbons (Fsp3) is 0.467. The molecule has 0 bridgehead atoms. The van der Waals surface area contributed by atoms with Crippen molar-refractivity contribution >= 4 is 29.2 Å². The van der Waals surface area contributed by atoms with E-state index >= 15 is 0 Å². The summed E-state index contributed by atoms with van der Waals surface area (Å²) in [5.41, 5.74) is 1.44. The van der Waals surface area contributed by atoms with E-state index in [0.717, 1.165) is 5.56 Å². The van der Waals surface area contributed by atoms with Gasteiger partial charge in [0.15, 0.2) is 0 Å². The van der Waals surface area contributed by atoms with Crippen LogP contribution < -0.4 is 5.32 Å². The molecule has 1 aliphatic rings. The summed E-state index contributed by atoms with van der Waals surface area (Å²) in [6, 6.07) is 5.29. The maximum absolute atomic E-state index is 12.3. The van der Waals surface area contributed by atoms with E-state index in [4.69, 9.17) is 11.6 Å². The molecule has 0 spiro atoms. The Labute approximate surface area is 123 Å². The minimum atomic E-state index is -0.891. The number of carboxylic acids is 1. The molecule has 3 unspecified atom stereocenters. The van der Waals surface area contributed by atoms with Gasteiger partial charge in [0.05, 0.1) is 11.8 Å². The van der Waals surface area contributed by atoms with Crippen molar-refractivity contribution in [1.29, 1.82) is 0 Å². The number of hydrogen-bond donors (Lipinski definition) is 2. The fourth-order valence-corrected chi connectivity index (χ4v) is 3.00. The molecule has 1 aromatic carbocycles. The van der Waals surface area contributed by atoms with Crippen LogP contribution in [0.4, 0.5) is 5.69 Å². The number of carbonyl (C=O) groups excluding carboxylic acids is 1. The number of carbonyl (C=O) groups is 2. The van der Waals surface area contributed by atoms with Gasteiger partial charge in [0.2, 0.25) is 5.91 Å². The van der Waals surface area contributed by atoms with Gasteiger partial charge in [-0.05, 0) is 43.4 Å². The van der Waals surface area contributed by atoms with Crippen LogP contribution in [-0.2, 0) is 9.59 Å². The van der Waals surface area contributed by atoms with E-state index in [2.05, 4.69) is 5.32 Å². The van der Waals surface area contributed by atoms with E-state index in [1.54, 1.807) is 18.2 Å². The van der Waals surface area contributed by atoms with Crippen LogP contribution in [0, 0.1) is 24.7 Å². The van der Waals surface area contributed by atoms with Crippen molar-refractivity contribution in [3.8, 4) is 0 Å². The van der Waals surface area contributed by atoms with E-state index in [1.165, 1.54) is 0 Å². The third kappa shape index (κ3) is 2.96. The number of hydrogen-bond acceptors (Lipinski definition) is 2. The third-order valence-corrected chi connectivity index (χ3v) is 4.39. The number of nitrogens with one attached hydrogen (secondary N) is 1. The number of halogens is 1. The number of anilines is 1. The summed E-state index contributed by atoms with van der Waals surface area (Å²) in [6.45, 7) is 3.80. The van der Waals surface area contributed by atoms with Crippen molar-refractivity contribution in [3.05, 3.63) is 28.8 Å². The number of benzene rings is 1. The van der Waals surface area contributed by atoms with Gasteiger partial charge in [-0.15, -0.1) is 0 Å². The molecule has 0 radical (unpaired) electrons. The van der Waals surface area contributed by atoms with Crippen molar-refractivity contribution in [2.24, 2.45) is 17.8 Å². The lowest BCUT2D eigenvalue weighted by Gasteiger charge is -2.17. The molecule has 108 valence electrons. The quantitative estimate of drug-likeness (QED) is 0.899. The number of rotatable bonds is 3. The van der Waals surface area contributed by atoms with Crippen molar-refractivity contribution in [3.63, 3.8) is 0 Å². The SMILES string of the molecule is Cc1c(Cl)cccc1NC(=O)C1CC(C)CC1C(=O)O. The van der Waals surface area contributed by atoms with Crippen LogP contribution in [0.2, 0.25) is 5.02 Å². The van der Waals surface area contributed by atoms with Gasteiger partial charge in [-0.1, -0.05) is 24.6 Å². The zero-order valence-corrected chi connectivity index (χ0v) is 12.3. The molecule has 1 aliphatic carbocycles. The second-order valence-corrected chi connectivity index (χ2v) is 5.94. The molecule has 3 atom stereocenters. The van der Waals surface area contributed by atoms with Gasteiger partial charge >= 0.3 is 5.97 Å². The molecule has 0 aromatic heterocycles. The van der Waals surface area contributed by atoms with Crippen LogP contribution >= 0.6 is 11.6 Å². The first-order valence-electron chi connectivity index (χ1n) is 6.69. The second-order valence-electron chi connectivity index (χ2n) is 5.53. The van der Waals surface area contributed by atoms with Crippen LogP contribution in [0.25, 0.3) is 0 Å². The minimum Gasteiger partial charge on any atom is -0.481 e. The lowest BCUT2D eigenvalue weighted by Crippen LogP contribution is -2.30. The topological polar surface area (TPSA) is 66.4 Å². The molecule has 0 aliphatic heterocycles. The lowest BCUT2D eigenvalue weighted by molar-refractivity contribution is -0.145. The Morgan fingerprint density at radius 3 is 2.60 bits per heavy atom. The molecule has 1 aromatic rings. The third-order valence-electron chi connectivity index (χ3n) is 3.98. The van der Waals surface area contributed by atoms with Crippen molar-refractivity contribution < 1.29 is 14.7 Å². The van der Waals surface area contributed by atoms with Gasteiger partial charge in [-0.3, -0.25) is 9.59 Å². The molecular formula is C15H18ClNO3. The Morgan fingerprint density at radius 2 is 1.95 bits per heavy atom. The summed E-state index contributed by atoms with van der Waals surface area (Å²) in [4.78, 5) is 23.6. The van der Waals surface area contributed by atoms with Crippen molar-refractivity contribution in [2.75, 3.05) is 5.32 Å². The van der Waals surface area contributed by atoms with E-state index in [1.807, 2.05) is 13.8 Å². The summed E-state index contributed by atoms with van der Waals surface area (Å²) in [5, 5.41) is 12.6. The minimum absolute atomic E-state index is 0.230. The maximum atomic E-state index is 12.3. The van der Waals surface area contributed by atoms with Gasteiger partial charge in [-0.2, -0.15) is 0 Å². The summed E-state index contributed by atoms with van der Waals surface area (Å²) < 4.78 is 0. The first-order chi connectivity index (χ1) is 9.40. The van der Waals surface area contributed by atoms with E-state index in [9.17, 15) is 14.7 Å². The van der Waals surface area contributed by atoms with Crippen LogP contribution in [0.3, 0.4) is 0 Å². The van der Waals surface area contributed by atoms with Crippen LogP contribution in [0.15, 0.2) is 18.2 Å². The van der Waals surface area contributed by atoms with E-state index in [0.29, 0.717) is 23.6 Å². The molecule has 4 nitrogen and oxygen atoms in total. The summed E-state index contributed by atoms with van der Waals surface area (Å²) in [7, 11) is 0. The Bertz CT molecular complexity index is 544. The molecule has 5 heteroatoms. The summed E-state index contributed by atoms with van der Waals surface area (Å²) in [5.74, 6) is -1.93. The zero-order chi connectivity index (χ0) is 14.9. The highest BCUT2D eigenvalue weighted by Crippen LogP contribution is 2.37. The first-order valence-corrected chi connectivity index (χ1v) is 7.06. The number of aliphatic carboxylic acids is 1. The lowest BCUT2D eigenvalue weighted by atomic mass is 9.95. The molecule has 2 rings (SSSR count). The molecule has 1 saturated carbocycles. The molecule has 2 N–H and O–H groups in total. The van der Waals surface area contributed by atoms with Crippen molar-refractivity contribution in [2.45, 2.75) is 26.7 Å². The van der Waals surface area contributed by atoms with Gasteiger partial charge in [0.25, 0.3) is 0 Å². The van der Waals surface area contributed by atoms with Gasteiger partial charge < -0.3 is 10.4 Å². The molecule has 0 heterocycles. The van der Waals surface area contributed by atoms with E-state index in [-0.39, 0.29) is 11.8 Å². The first kappa shape index (κ1) is 14.9. The molecule has 0 saturated heterocycles. The molecule has 20 heavy (non-hydrogen) atoms. The largest absolute Gasteiger partial charge is 0.481 e. The summed E-state index contributed by atoms with van der Waals surface area (Å²) in [6.07, 6.45) is 1.17. The predicted molar refractivity (Wildman–Crippen MR) is 77.8 cm³/mol. The Balaban J connectivity index is 2.15. The van der Waals surface area contributed by atoms with E-state index < -0.39 is 17.8 Å². The van der Waals surface area contributed by atoms with Gasteiger partial charge in [-0.25, -0.2) is 0 Å². The number of amides is 1. The standard InChI is InChI=1S/C15H18ClNO3/c1-8-6-10(11(7-8)15(19)20)14(18)17-13-5-3-4-12(16)9(13)2/h3-5,8,10-11H,6-7H2,1-2H3,(H,17,18)(H,19,20). The van der Waals surface area contributed by atoms with Crippen LogP contribution in [0.1, 0.15) is 25.3 Å². The molecule has 1 amide bonds. The van der Waals surface area contributed by atoms with Crippen LogP contribution in [-0.4, -0.2) is 17.0 Å². The number of carboxylic acid groups (broad SMARTS) is 1. The average molecular weight is 296 g/mol. The highest BCUT2D eigenvalue weighted by molar-refractivity contribution is 6.31.